The number of para-hydroxylation sites is 1. The van der Waals surface area contributed by atoms with E-state index in [-0.39, 0.29) is 5.78 Å². The van der Waals surface area contributed by atoms with Crippen LogP contribution in [0.1, 0.15) is 18.9 Å². The van der Waals surface area contributed by atoms with Crippen LogP contribution in [0, 0.1) is 6.92 Å². The van der Waals surface area contributed by atoms with Crippen molar-refractivity contribution in [2.24, 2.45) is 4.99 Å². The van der Waals surface area contributed by atoms with Gasteiger partial charge in [0.05, 0.1) is 11.4 Å². The summed E-state index contributed by atoms with van der Waals surface area (Å²) in [6.07, 6.45) is 5.85. The molecule has 0 atom stereocenters. The van der Waals surface area contributed by atoms with Crippen LogP contribution in [0.2, 0.25) is 0 Å². The summed E-state index contributed by atoms with van der Waals surface area (Å²) in [6.45, 7) is 4.07. The van der Waals surface area contributed by atoms with Crippen LogP contribution in [-0.4, -0.2) is 11.5 Å². The van der Waals surface area contributed by atoms with Crippen LogP contribution in [0.25, 0.3) is 0 Å². The van der Waals surface area contributed by atoms with Gasteiger partial charge >= 0.3 is 0 Å². The zero-order valence-corrected chi connectivity index (χ0v) is 10.1. The highest BCUT2D eigenvalue weighted by molar-refractivity contribution is 6.20. The number of ketones is 1. The van der Waals surface area contributed by atoms with E-state index in [0.717, 1.165) is 29.0 Å². The van der Waals surface area contributed by atoms with Crippen molar-refractivity contribution < 1.29 is 4.79 Å². The number of nitrogens with zero attached hydrogens (tertiary/aromatic N) is 1. The van der Waals surface area contributed by atoms with Gasteiger partial charge in [0.1, 0.15) is 0 Å². The Balaban J connectivity index is 2.41. The molecule has 0 bridgehead atoms. The van der Waals surface area contributed by atoms with Gasteiger partial charge in [-0.05, 0) is 48.8 Å². The quantitative estimate of drug-likeness (QED) is 0.708. The summed E-state index contributed by atoms with van der Waals surface area (Å²) in [5.74, 6) is 0.0468. The molecule has 2 nitrogen and oxygen atoms in total. The van der Waals surface area contributed by atoms with Gasteiger partial charge in [-0.1, -0.05) is 25.1 Å². The third-order valence-electron chi connectivity index (χ3n) is 2.79. The van der Waals surface area contributed by atoms with E-state index < -0.39 is 0 Å². The van der Waals surface area contributed by atoms with Crippen LogP contribution in [0.5, 0.6) is 0 Å². The van der Waals surface area contributed by atoms with E-state index >= 15 is 0 Å². The topological polar surface area (TPSA) is 29.4 Å². The SMILES string of the molecule is CCC1=CC(=O)C=CC1=Nc1ccccc1C. The fourth-order valence-corrected chi connectivity index (χ4v) is 1.77. The lowest BCUT2D eigenvalue weighted by Crippen LogP contribution is -2.07. The number of aryl methyl sites for hydroxylation is 1. The van der Waals surface area contributed by atoms with Gasteiger partial charge in [0.15, 0.2) is 5.78 Å². The second kappa shape index (κ2) is 4.91. The molecule has 1 aromatic carbocycles. The zero-order valence-electron chi connectivity index (χ0n) is 10.1. The van der Waals surface area contributed by atoms with Gasteiger partial charge in [-0.15, -0.1) is 0 Å². The van der Waals surface area contributed by atoms with Crippen LogP contribution in [0.3, 0.4) is 0 Å². The molecule has 1 aromatic rings. The van der Waals surface area contributed by atoms with Gasteiger partial charge in [-0.3, -0.25) is 4.79 Å². The molecule has 0 N–H and O–H groups in total. The minimum absolute atomic E-state index is 0.0468. The molecule has 0 spiro atoms. The Hall–Kier alpha value is -1.96. The molecule has 0 amide bonds. The number of carbonyl (C=O) groups is 1. The molecule has 0 fully saturated rings. The van der Waals surface area contributed by atoms with Crippen LogP contribution in [0.4, 0.5) is 5.69 Å². The lowest BCUT2D eigenvalue weighted by molar-refractivity contribution is -0.110. The molecular formula is C15H15NO. The first-order valence-corrected chi connectivity index (χ1v) is 5.78. The first kappa shape index (κ1) is 11.5. The van der Waals surface area contributed by atoms with E-state index in [1.807, 2.05) is 38.1 Å². The van der Waals surface area contributed by atoms with Gasteiger partial charge in [0.2, 0.25) is 0 Å². The van der Waals surface area contributed by atoms with E-state index in [9.17, 15) is 4.79 Å². The van der Waals surface area contributed by atoms with E-state index in [1.165, 1.54) is 0 Å². The Kier molecular flexibility index (Phi) is 3.33. The number of hydrogen-bond acceptors (Lipinski definition) is 2. The number of benzene rings is 1. The largest absolute Gasteiger partial charge is 0.290 e. The maximum absolute atomic E-state index is 11.3. The predicted molar refractivity (Wildman–Crippen MR) is 70.8 cm³/mol. The number of allylic oxidation sites excluding steroid dienone is 4. The highest BCUT2D eigenvalue weighted by atomic mass is 16.1. The molecule has 86 valence electrons. The summed E-state index contributed by atoms with van der Waals surface area (Å²) >= 11 is 0. The minimum atomic E-state index is 0.0468. The van der Waals surface area contributed by atoms with Crippen molar-refractivity contribution in [2.75, 3.05) is 0 Å². The number of rotatable bonds is 2. The molecule has 1 aliphatic rings. The van der Waals surface area contributed by atoms with Crippen molar-refractivity contribution in [2.45, 2.75) is 20.3 Å². The maximum Gasteiger partial charge on any atom is 0.179 e. The first-order valence-electron chi connectivity index (χ1n) is 5.78. The number of aliphatic imine (C=N–C) groups is 1. The summed E-state index contributed by atoms with van der Waals surface area (Å²) in [5, 5.41) is 0. The number of carbonyl (C=O) groups excluding carboxylic acids is 1. The average molecular weight is 225 g/mol. The maximum atomic E-state index is 11.3. The van der Waals surface area contributed by atoms with E-state index in [0.29, 0.717) is 0 Å². The fraction of sp³-hybridized carbons (Fsp3) is 0.200. The normalized spacial score (nSPS) is 17.4. The van der Waals surface area contributed by atoms with Crippen molar-refractivity contribution in [3.8, 4) is 0 Å². The lowest BCUT2D eigenvalue weighted by Gasteiger charge is -2.09. The molecule has 1 aliphatic carbocycles. The van der Waals surface area contributed by atoms with E-state index in [4.69, 9.17) is 0 Å². The van der Waals surface area contributed by atoms with Crippen molar-refractivity contribution in [3.05, 3.63) is 53.6 Å². The molecular weight excluding hydrogens is 210 g/mol. The summed E-state index contributed by atoms with van der Waals surface area (Å²) in [5.41, 5.74) is 3.99. The highest BCUT2D eigenvalue weighted by Crippen LogP contribution is 2.21. The smallest absolute Gasteiger partial charge is 0.179 e. The Morgan fingerprint density at radius 3 is 2.65 bits per heavy atom. The Morgan fingerprint density at radius 2 is 1.94 bits per heavy atom. The van der Waals surface area contributed by atoms with Crippen molar-refractivity contribution >= 4 is 17.2 Å². The molecule has 0 heterocycles. The van der Waals surface area contributed by atoms with Crippen molar-refractivity contribution in [1.82, 2.24) is 0 Å². The standard InChI is InChI=1S/C15H15NO/c1-3-12-10-13(17)8-9-15(12)16-14-7-5-4-6-11(14)2/h4-10H,3H2,1-2H3. The van der Waals surface area contributed by atoms with Crippen molar-refractivity contribution in [1.29, 1.82) is 0 Å². The molecule has 2 rings (SSSR count). The average Bonchev–Trinajstić information content (AvgIpc) is 2.34. The van der Waals surface area contributed by atoms with Crippen LogP contribution >= 0.6 is 0 Å². The van der Waals surface area contributed by atoms with Gasteiger partial charge in [0.25, 0.3) is 0 Å². The van der Waals surface area contributed by atoms with E-state index in [1.54, 1.807) is 18.2 Å². The Labute approximate surface area is 101 Å². The molecule has 0 aliphatic heterocycles. The highest BCUT2D eigenvalue weighted by Gasteiger charge is 2.10. The molecule has 0 radical (unpaired) electrons. The molecule has 0 unspecified atom stereocenters. The minimum Gasteiger partial charge on any atom is -0.290 e. The fourth-order valence-electron chi connectivity index (χ4n) is 1.77. The summed E-state index contributed by atoms with van der Waals surface area (Å²) in [7, 11) is 0. The molecule has 0 saturated heterocycles. The summed E-state index contributed by atoms with van der Waals surface area (Å²) in [4.78, 5) is 15.9. The Bertz CT molecular complexity index is 536. The van der Waals surface area contributed by atoms with Gasteiger partial charge in [-0.2, -0.15) is 0 Å². The van der Waals surface area contributed by atoms with Crippen LogP contribution in [0.15, 0.2) is 53.1 Å². The Morgan fingerprint density at radius 1 is 1.18 bits per heavy atom. The first-order chi connectivity index (χ1) is 8.20. The van der Waals surface area contributed by atoms with Gasteiger partial charge in [-0.25, -0.2) is 4.99 Å². The van der Waals surface area contributed by atoms with Crippen LogP contribution < -0.4 is 0 Å². The van der Waals surface area contributed by atoms with Gasteiger partial charge < -0.3 is 0 Å². The van der Waals surface area contributed by atoms with Crippen LogP contribution in [-0.2, 0) is 4.79 Å². The molecule has 2 heteroatoms. The zero-order chi connectivity index (χ0) is 12.3. The van der Waals surface area contributed by atoms with E-state index in [2.05, 4.69) is 4.99 Å². The van der Waals surface area contributed by atoms with Crippen molar-refractivity contribution in [3.63, 3.8) is 0 Å². The molecule has 0 saturated carbocycles. The second-order valence-electron chi connectivity index (χ2n) is 4.04. The van der Waals surface area contributed by atoms with Gasteiger partial charge in [0, 0.05) is 0 Å². The third kappa shape index (κ3) is 2.59. The summed E-state index contributed by atoms with van der Waals surface area (Å²) in [6, 6.07) is 7.99. The third-order valence-corrected chi connectivity index (χ3v) is 2.79. The lowest BCUT2D eigenvalue weighted by atomic mass is 10.0. The number of hydrogen-bond donors (Lipinski definition) is 0. The monoisotopic (exact) mass is 225 g/mol. The predicted octanol–water partition coefficient (Wildman–Crippen LogP) is 3.54. The second-order valence-corrected chi connectivity index (χ2v) is 4.04. The summed E-state index contributed by atoms with van der Waals surface area (Å²) < 4.78 is 0. The molecule has 0 aromatic heterocycles. The molecule has 17 heavy (non-hydrogen) atoms.